The maximum absolute atomic E-state index is 13.3. The molecule has 202 valence electrons. The summed E-state index contributed by atoms with van der Waals surface area (Å²) in [7, 11) is -4.22. The first kappa shape index (κ1) is 27.8. The Morgan fingerprint density at radius 3 is 2.23 bits per heavy atom. The topological polar surface area (TPSA) is 107 Å². The lowest BCUT2D eigenvalue weighted by atomic mass is 10.1. The number of ether oxygens (including phenoxy) is 2. The van der Waals surface area contributed by atoms with Crippen molar-refractivity contribution in [3.05, 3.63) is 94.7 Å². The summed E-state index contributed by atoms with van der Waals surface area (Å²) >= 11 is 0. The molecule has 2 aromatic heterocycles. The van der Waals surface area contributed by atoms with E-state index in [1.54, 1.807) is 25.1 Å². The molecule has 0 atom stereocenters. The Balaban J connectivity index is 1.73. The van der Waals surface area contributed by atoms with E-state index in [1.807, 2.05) is 64.1 Å². The van der Waals surface area contributed by atoms with Gasteiger partial charge in [0.05, 0.1) is 12.3 Å². The largest absolute Gasteiger partial charge is 0.494 e. The van der Waals surface area contributed by atoms with Crippen molar-refractivity contribution in [3.8, 4) is 28.6 Å². The second kappa shape index (κ2) is 11.7. The van der Waals surface area contributed by atoms with Gasteiger partial charge in [-0.05, 0) is 93.8 Å². The smallest absolute Gasteiger partial charge is 0.281 e. The third-order valence-corrected chi connectivity index (χ3v) is 7.13. The Labute approximate surface area is 229 Å². The summed E-state index contributed by atoms with van der Waals surface area (Å²) in [6.07, 6.45) is 0.904. The number of benzene rings is 2. The summed E-state index contributed by atoms with van der Waals surface area (Å²) in [6.45, 7) is 10.1. The van der Waals surface area contributed by atoms with E-state index in [1.165, 1.54) is 12.1 Å². The highest BCUT2D eigenvalue weighted by Gasteiger charge is 2.24. The van der Waals surface area contributed by atoms with Crippen molar-refractivity contribution < 1.29 is 22.7 Å². The third-order valence-electron chi connectivity index (χ3n) is 5.90. The lowest BCUT2D eigenvalue weighted by molar-refractivity contribution is 0.0978. The van der Waals surface area contributed by atoms with Crippen LogP contribution in [0.4, 0.5) is 0 Å². The number of aryl methyl sites for hydroxylation is 4. The fourth-order valence-electron chi connectivity index (χ4n) is 4.12. The fraction of sp³-hybridized carbons (Fsp3) is 0.233. The van der Waals surface area contributed by atoms with Crippen LogP contribution >= 0.6 is 0 Å². The maximum atomic E-state index is 13.3. The summed E-state index contributed by atoms with van der Waals surface area (Å²) in [5.74, 6) is 0.400. The van der Waals surface area contributed by atoms with Gasteiger partial charge in [0.1, 0.15) is 17.1 Å². The first-order valence-corrected chi connectivity index (χ1v) is 14.1. The highest BCUT2D eigenvalue weighted by Crippen LogP contribution is 2.33. The standard InChI is InChI=1S/C30H31N3O5S/c1-6-16-37-24-12-10-23(11-13-24)26-15-14-25(29(34)33-39(35,36)27-9-7-8-22(5)31-27)30(32-26)38-28-20(3)17-19(2)18-21(28)4/h7-15,17-18H,6,16H2,1-5H3,(H,33,34). The van der Waals surface area contributed by atoms with Crippen LogP contribution in [0, 0.1) is 27.7 Å². The minimum Gasteiger partial charge on any atom is -0.494 e. The molecule has 0 aliphatic carbocycles. The van der Waals surface area contributed by atoms with E-state index >= 15 is 0 Å². The van der Waals surface area contributed by atoms with Crippen molar-refractivity contribution in [2.75, 3.05) is 6.61 Å². The van der Waals surface area contributed by atoms with E-state index in [-0.39, 0.29) is 16.5 Å². The minimum atomic E-state index is -4.22. The molecule has 0 spiro atoms. The Morgan fingerprint density at radius 2 is 1.59 bits per heavy atom. The van der Waals surface area contributed by atoms with E-state index in [4.69, 9.17) is 9.47 Å². The predicted molar refractivity (Wildman–Crippen MR) is 150 cm³/mol. The summed E-state index contributed by atoms with van der Waals surface area (Å²) in [5.41, 5.74) is 4.60. The summed E-state index contributed by atoms with van der Waals surface area (Å²) in [6, 6.07) is 19.1. The number of pyridine rings is 2. The number of hydrogen-bond donors (Lipinski definition) is 1. The molecule has 0 radical (unpaired) electrons. The van der Waals surface area contributed by atoms with Crippen LogP contribution in [0.5, 0.6) is 17.4 Å². The van der Waals surface area contributed by atoms with Crippen molar-refractivity contribution in [2.45, 2.75) is 46.1 Å². The normalized spacial score (nSPS) is 11.2. The Morgan fingerprint density at radius 1 is 0.897 bits per heavy atom. The van der Waals surface area contributed by atoms with Crippen molar-refractivity contribution in [1.82, 2.24) is 14.7 Å². The number of hydrogen-bond acceptors (Lipinski definition) is 7. The lowest BCUT2D eigenvalue weighted by Gasteiger charge is -2.16. The summed E-state index contributed by atoms with van der Waals surface area (Å²) < 4.78 is 39.8. The van der Waals surface area contributed by atoms with Crippen LogP contribution in [-0.4, -0.2) is 30.9 Å². The van der Waals surface area contributed by atoms with Gasteiger partial charge >= 0.3 is 0 Å². The molecule has 8 nitrogen and oxygen atoms in total. The second-order valence-corrected chi connectivity index (χ2v) is 10.9. The molecule has 0 fully saturated rings. The predicted octanol–water partition coefficient (Wildman–Crippen LogP) is 6.08. The lowest BCUT2D eigenvalue weighted by Crippen LogP contribution is -2.31. The highest BCUT2D eigenvalue weighted by molar-refractivity contribution is 7.90. The van der Waals surface area contributed by atoms with Crippen LogP contribution < -0.4 is 14.2 Å². The van der Waals surface area contributed by atoms with Gasteiger partial charge in [-0.15, -0.1) is 0 Å². The first-order chi connectivity index (χ1) is 18.6. The van der Waals surface area contributed by atoms with Gasteiger partial charge in [0, 0.05) is 11.3 Å². The number of nitrogens with zero attached hydrogens (tertiary/aromatic N) is 2. The van der Waals surface area contributed by atoms with Gasteiger partial charge in [0.2, 0.25) is 5.88 Å². The number of carbonyl (C=O) groups is 1. The molecule has 0 unspecified atom stereocenters. The molecule has 0 aliphatic heterocycles. The van der Waals surface area contributed by atoms with Crippen LogP contribution in [0.1, 0.15) is 46.1 Å². The molecule has 0 bridgehead atoms. The molecule has 39 heavy (non-hydrogen) atoms. The quantitative estimate of drug-likeness (QED) is 0.272. The van der Waals surface area contributed by atoms with E-state index in [2.05, 4.69) is 14.7 Å². The maximum Gasteiger partial charge on any atom is 0.281 e. The Kier molecular flexibility index (Phi) is 8.30. The molecule has 4 rings (SSSR count). The molecule has 4 aromatic rings. The highest BCUT2D eigenvalue weighted by atomic mass is 32.2. The summed E-state index contributed by atoms with van der Waals surface area (Å²) in [5, 5.41) is -0.251. The average Bonchev–Trinajstić information content (AvgIpc) is 2.89. The number of carbonyl (C=O) groups excluding carboxylic acids is 1. The van der Waals surface area contributed by atoms with Gasteiger partial charge in [0.15, 0.2) is 5.03 Å². The van der Waals surface area contributed by atoms with Crippen LogP contribution in [0.2, 0.25) is 0 Å². The fourth-order valence-corrected chi connectivity index (χ4v) is 5.10. The van der Waals surface area contributed by atoms with Crippen LogP contribution in [0.25, 0.3) is 11.3 Å². The molecule has 2 aromatic carbocycles. The molecular formula is C30H31N3O5S. The second-order valence-electron chi connectivity index (χ2n) is 9.30. The number of sulfonamides is 1. The molecule has 1 amide bonds. The number of aromatic nitrogens is 2. The SMILES string of the molecule is CCCOc1ccc(-c2ccc(C(=O)NS(=O)(=O)c3cccc(C)n3)c(Oc3c(C)cc(C)cc3C)n2)cc1. The molecule has 2 heterocycles. The van der Waals surface area contributed by atoms with Crippen molar-refractivity contribution in [3.63, 3.8) is 0 Å². The summed E-state index contributed by atoms with van der Waals surface area (Å²) in [4.78, 5) is 22.0. The van der Waals surface area contributed by atoms with Gasteiger partial charge in [-0.3, -0.25) is 4.79 Å². The number of amides is 1. The van der Waals surface area contributed by atoms with Crippen molar-refractivity contribution >= 4 is 15.9 Å². The molecule has 0 saturated heterocycles. The van der Waals surface area contributed by atoms with Gasteiger partial charge in [-0.1, -0.05) is 30.7 Å². The number of nitrogens with one attached hydrogen (secondary N) is 1. The van der Waals surface area contributed by atoms with Gasteiger partial charge in [-0.25, -0.2) is 14.7 Å². The molecular weight excluding hydrogens is 514 g/mol. The van der Waals surface area contributed by atoms with Gasteiger partial charge in [0.25, 0.3) is 15.9 Å². The third kappa shape index (κ3) is 6.61. The van der Waals surface area contributed by atoms with Crippen LogP contribution in [0.3, 0.4) is 0 Å². The van der Waals surface area contributed by atoms with Gasteiger partial charge in [-0.2, -0.15) is 8.42 Å². The van der Waals surface area contributed by atoms with Crippen LogP contribution in [0.15, 0.2) is 71.8 Å². The first-order valence-electron chi connectivity index (χ1n) is 12.6. The molecule has 9 heteroatoms. The van der Waals surface area contributed by atoms with E-state index < -0.39 is 15.9 Å². The zero-order valence-corrected chi connectivity index (χ0v) is 23.4. The Bertz CT molecular complexity index is 1590. The van der Waals surface area contributed by atoms with Crippen molar-refractivity contribution in [1.29, 1.82) is 0 Å². The molecule has 1 N–H and O–H groups in total. The van der Waals surface area contributed by atoms with E-state index in [9.17, 15) is 13.2 Å². The van der Waals surface area contributed by atoms with E-state index in [0.29, 0.717) is 23.7 Å². The van der Waals surface area contributed by atoms with Crippen molar-refractivity contribution in [2.24, 2.45) is 0 Å². The van der Waals surface area contributed by atoms with Gasteiger partial charge < -0.3 is 9.47 Å². The zero-order chi connectivity index (χ0) is 28.2. The Hall–Kier alpha value is -4.24. The average molecular weight is 546 g/mol. The molecule has 0 saturated carbocycles. The zero-order valence-electron chi connectivity index (χ0n) is 22.6. The monoisotopic (exact) mass is 545 g/mol. The van der Waals surface area contributed by atoms with Crippen LogP contribution in [-0.2, 0) is 10.0 Å². The van der Waals surface area contributed by atoms with E-state index in [0.717, 1.165) is 34.4 Å². The number of rotatable bonds is 9. The molecule has 0 aliphatic rings. The minimum absolute atomic E-state index is 0.0150.